The van der Waals surface area contributed by atoms with E-state index < -0.39 is 20.1 Å². The van der Waals surface area contributed by atoms with E-state index in [0.717, 1.165) is 56.4 Å². The molecule has 47 heavy (non-hydrogen) atoms. The molecule has 0 N–H and O–H groups in total. The fourth-order valence-corrected chi connectivity index (χ4v) is 7.70. The predicted octanol–water partition coefficient (Wildman–Crippen LogP) is 10.7. The van der Waals surface area contributed by atoms with Crippen molar-refractivity contribution in [1.82, 2.24) is 9.97 Å². The summed E-state index contributed by atoms with van der Waals surface area (Å²) in [5, 5.41) is 2.22. The Labute approximate surface area is 299 Å². The van der Waals surface area contributed by atoms with E-state index in [1.54, 1.807) is 12.1 Å². The molecule has 239 valence electrons. The van der Waals surface area contributed by atoms with E-state index in [4.69, 9.17) is 8.53 Å². The molecule has 1 radical (unpaired) electrons. The van der Waals surface area contributed by atoms with Crippen molar-refractivity contribution in [3.63, 3.8) is 0 Å². The molecular formula is C42H40GeIrN2O-2. The standard InChI is InChI=1S/C27H22NO.C15H18GeN.Ir/c1-18(2)15-19-13-14-28-25(16-19)24-10-6-9-23-22-12-11-21(17-26(22)29-27(23)24)20-7-4-3-5-8-20;1-12-5-7-13(8-6-12)15-10-9-14(11-17-15)16(2,3)4;/h3-9,11-14,16-18H,15H2,1-2H3;5-7,9-11H,1-4H3;/q2*-1;/i;1D3;. The van der Waals surface area contributed by atoms with Crippen LogP contribution in [0.25, 0.3) is 55.6 Å². The summed E-state index contributed by atoms with van der Waals surface area (Å²) < 4.78 is 29.8. The molecule has 0 saturated carbocycles. The summed E-state index contributed by atoms with van der Waals surface area (Å²) in [6.45, 7) is 2.39. The number of furan rings is 1. The Bertz CT molecular complexity index is 2130. The first-order chi connectivity index (χ1) is 23.4. The van der Waals surface area contributed by atoms with E-state index in [2.05, 4.69) is 120 Å². The predicted molar refractivity (Wildman–Crippen MR) is 196 cm³/mol. The maximum absolute atomic E-state index is 7.35. The van der Waals surface area contributed by atoms with Gasteiger partial charge in [0.2, 0.25) is 0 Å². The minimum Gasteiger partial charge on any atom is 0 e. The molecule has 7 rings (SSSR count). The molecular weight excluding hydrogens is 813 g/mol. The van der Waals surface area contributed by atoms with Gasteiger partial charge in [0.05, 0.1) is 5.58 Å². The minimum absolute atomic E-state index is 0. The molecule has 5 heteroatoms. The Morgan fingerprint density at radius 1 is 0.809 bits per heavy atom. The summed E-state index contributed by atoms with van der Waals surface area (Å²) in [6, 6.07) is 40.5. The van der Waals surface area contributed by atoms with Crippen molar-refractivity contribution in [1.29, 1.82) is 0 Å². The van der Waals surface area contributed by atoms with Gasteiger partial charge in [0, 0.05) is 31.7 Å². The summed E-state index contributed by atoms with van der Waals surface area (Å²) in [7, 11) is 0. The summed E-state index contributed by atoms with van der Waals surface area (Å²) >= 11 is -1.83. The van der Waals surface area contributed by atoms with Crippen LogP contribution in [0.15, 0.2) is 120 Å². The van der Waals surface area contributed by atoms with Crippen LogP contribution < -0.4 is 4.40 Å². The third kappa shape index (κ3) is 8.19. The number of hydrogen-bond donors (Lipinski definition) is 0. The SMILES string of the molecule is CC(C)Cc1ccnc(-c2[c-]ccc3c2oc2cc(-c4ccccc4)ccc23)c1.[2H]C([2H])([2H])c1c[c-]c(-c2cc[c]([Ge]([CH3])([CH3])[CH3])cn2)cc1.[Ir]. The van der Waals surface area contributed by atoms with E-state index in [1.165, 1.54) is 21.6 Å². The third-order valence-electron chi connectivity index (χ3n) is 7.98. The van der Waals surface area contributed by atoms with Crippen molar-refractivity contribution < 1.29 is 28.6 Å². The molecule has 0 aliphatic heterocycles. The quantitative estimate of drug-likeness (QED) is 0.124. The van der Waals surface area contributed by atoms with Gasteiger partial charge in [-0.25, -0.2) is 0 Å². The van der Waals surface area contributed by atoms with Crippen LogP contribution in [0.4, 0.5) is 0 Å². The van der Waals surface area contributed by atoms with Gasteiger partial charge in [0.25, 0.3) is 0 Å². The Balaban J connectivity index is 0.000000204. The fraction of sp³-hybridized carbons (Fsp3) is 0.190. The van der Waals surface area contributed by atoms with Gasteiger partial charge >= 0.3 is 110 Å². The van der Waals surface area contributed by atoms with Gasteiger partial charge < -0.3 is 9.40 Å². The Hall–Kier alpha value is -3.83. The van der Waals surface area contributed by atoms with Gasteiger partial charge in [0.15, 0.2) is 0 Å². The average molecular weight is 857 g/mol. The maximum Gasteiger partial charge on any atom is 0 e. The van der Waals surface area contributed by atoms with E-state index in [9.17, 15) is 0 Å². The van der Waals surface area contributed by atoms with Crippen molar-refractivity contribution >= 4 is 39.6 Å². The molecule has 0 unspecified atom stereocenters. The van der Waals surface area contributed by atoms with Crippen LogP contribution in [0.2, 0.25) is 17.3 Å². The normalized spacial score (nSPS) is 12.5. The second-order valence-electron chi connectivity index (χ2n) is 13.1. The first kappa shape index (κ1) is 30.5. The summed E-state index contributed by atoms with van der Waals surface area (Å²) in [5.74, 6) is 7.59. The molecule has 4 aromatic carbocycles. The van der Waals surface area contributed by atoms with E-state index in [0.29, 0.717) is 11.5 Å². The Morgan fingerprint density at radius 2 is 1.64 bits per heavy atom. The van der Waals surface area contributed by atoms with Crippen LogP contribution in [-0.4, -0.2) is 23.2 Å². The molecule has 0 bridgehead atoms. The third-order valence-corrected chi connectivity index (χ3v) is 12.2. The van der Waals surface area contributed by atoms with Crippen molar-refractivity contribution in [3.05, 3.63) is 139 Å². The molecule has 0 aliphatic rings. The van der Waals surface area contributed by atoms with Crippen molar-refractivity contribution in [3.8, 4) is 33.6 Å². The van der Waals surface area contributed by atoms with E-state index in [-0.39, 0.29) is 20.1 Å². The average Bonchev–Trinajstić information content (AvgIpc) is 3.46. The summed E-state index contributed by atoms with van der Waals surface area (Å²) in [4.78, 5) is 9.09. The topological polar surface area (TPSA) is 38.9 Å². The largest absolute Gasteiger partial charge is 0 e. The number of fused-ring (bicyclic) bond motifs is 3. The first-order valence-electron chi connectivity index (χ1n) is 17.2. The van der Waals surface area contributed by atoms with Crippen LogP contribution in [0.3, 0.4) is 0 Å². The van der Waals surface area contributed by atoms with Gasteiger partial charge in [-0.3, -0.25) is 0 Å². The van der Waals surface area contributed by atoms with Gasteiger partial charge in [-0.1, -0.05) is 78.9 Å². The van der Waals surface area contributed by atoms with Crippen molar-refractivity contribution in [2.24, 2.45) is 5.92 Å². The molecule has 0 spiro atoms. The number of hydrogen-bond acceptors (Lipinski definition) is 3. The Morgan fingerprint density at radius 3 is 2.32 bits per heavy atom. The van der Waals surface area contributed by atoms with Crippen molar-refractivity contribution in [2.45, 2.75) is 44.4 Å². The summed E-state index contributed by atoms with van der Waals surface area (Å²) in [5.41, 5.74) is 9.16. The molecule has 0 amide bonds. The van der Waals surface area contributed by atoms with Crippen LogP contribution in [0, 0.1) is 24.9 Å². The van der Waals surface area contributed by atoms with Crippen LogP contribution >= 0.6 is 0 Å². The monoisotopic (exact) mass is 858 g/mol. The molecule has 3 heterocycles. The zero-order valence-electron chi connectivity index (χ0n) is 30.4. The maximum atomic E-state index is 7.35. The van der Waals surface area contributed by atoms with Crippen LogP contribution in [0.1, 0.15) is 29.1 Å². The number of nitrogens with zero attached hydrogens (tertiary/aromatic N) is 2. The van der Waals surface area contributed by atoms with Gasteiger partial charge in [0.1, 0.15) is 5.58 Å². The molecule has 3 aromatic heterocycles. The second kappa shape index (κ2) is 14.9. The number of aryl methyl sites for hydroxylation is 1. The smallest absolute Gasteiger partial charge is 0 e. The van der Waals surface area contributed by atoms with Gasteiger partial charge in [-0.05, 0) is 41.3 Å². The molecule has 0 aliphatic carbocycles. The zero-order chi connectivity index (χ0) is 34.8. The molecule has 0 atom stereocenters. The number of rotatable bonds is 6. The van der Waals surface area contributed by atoms with Gasteiger partial charge in [-0.15, -0.1) is 18.2 Å². The van der Waals surface area contributed by atoms with E-state index in [1.807, 2.05) is 30.6 Å². The minimum atomic E-state index is -2.08. The Kier molecular flexibility index (Phi) is 9.70. The summed E-state index contributed by atoms with van der Waals surface area (Å²) in [6.07, 6.45) is 4.86. The molecule has 0 fully saturated rings. The molecule has 7 aromatic rings. The number of aromatic nitrogens is 2. The zero-order valence-corrected chi connectivity index (χ0v) is 31.9. The first-order valence-corrected chi connectivity index (χ1v) is 23.1. The second-order valence-corrected chi connectivity index (χ2v) is 23.7. The number of benzene rings is 4. The molecule has 0 saturated heterocycles. The van der Waals surface area contributed by atoms with Crippen molar-refractivity contribution in [2.75, 3.05) is 0 Å². The molecule has 3 nitrogen and oxygen atoms in total. The van der Waals surface area contributed by atoms with Gasteiger partial charge in [-0.2, -0.15) is 0 Å². The van der Waals surface area contributed by atoms with E-state index >= 15 is 0 Å². The van der Waals surface area contributed by atoms with Crippen LogP contribution in [-0.2, 0) is 26.5 Å². The fourth-order valence-electron chi connectivity index (χ4n) is 5.53. The van der Waals surface area contributed by atoms with Crippen LogP contribution in [0.5, 0.6) is 0 Å². The number of pyridine rings is 2.